The Balaban J connectivity index is 1.45. The molecule has 3 heterocycles. The summed E-state index contributed by atoms with van der Waals surface area (Å²) in [5.41, 5.74) is 2.51. The summed E-state index contributed by atoms with van der Waals surface area (Å²) >= 11 is 0. The fourth-order valence-corrected chi connectivity index (χ4v) is 3.21. The maximum Gasteiger partial charge on any atom is 0.344 e. The Kier molecular flexibility index (Phi) is 5.71. The molecule has 1 aromatic heterocycles. The molecular weight excluding hydrogens is 348 g/mol. The number of nitrogens with one attached hydrogen (secondary N) is 2. The van der Waals surface area contributed by atoms with E-state index in [1.807, 2.05) is 30.0 Å². The first-order valence-corrected chi connectivity index (χ1v) is 9.22. The monoisotopic (exact) mass is 374 g/mol. The number of carbonyl (C=O) groups is 3. The second kappa shape index (κ2) is 8.01. The number of urea groups is 1. The number of hydrazine groups is 1. The number of carbonyl (C=O) groups excluding carboxylic acids is 3. The van der Waals surface area contributed by atoms with Crippen LogP contribution in [0.4, 0.5) is 4.79 Å². The molecule has 1 aromatic rings. The van der Waals surface area contributed by atoms with Gasteiger partial charge in [0.25, 0.3) is 11.8 Å². The molecule has 0 aromatic carbocycles. The van der Waals surface area contributed by atoms with Gasteiger partial charge in [-0.15, -0.1) is 0 Å². The number of aromatic nitrogens is 1. The number of pyridine rings is 1. The van der Waals surface area contributed by atoms with Crippen LogP contribution < -0.4 is 10.7 Å². The molecular formula is C18H26N6O3. The van der Waals surface area contributed by atoms with Gasteiger partial charge in [-0.25, -0.2) is 4.79 Å². The first-order valence-electron chi connectivity index (χ1n) is 9.22. The minimum Gasteiger partial charge on any atom is -0.322 e. The highest BCUT2D eigenvalue weighted by Crippen LogP contribution is 2.19. The zero-order chi connectivity index (χ0) is 19.4. The molecule has 3 rings (SSSR count). The Morgan fingerprint density at radius 3 is 2.52 bits per heavy atom. The number of piperazine rings is 1. The Morgan fingerprint density at radius 1 is 1.22 bits per heavy atom. The topological polar surface area (TPSA) is 97.9 Å². The van der Waals surface area contributed by atoms with Gasteiger partial charge in [0.1, 0.15) is 5.54 Å². The first-order chi connectivity index (χ1) is 12.9. The standard InChI is InChI=1S/C18H26N6O3/c1-3-18(2)16(26)24(17(27)20-18)21-15(25)13-23-10-8-22(9-11-23)12-14-6-4-5-7-19-14/h4-7H,3,8-13H2,1-2H3,(H,20,27)(H,21,25)/t18-/m1/s1. The van der Waals surface area contributed by atoms with Crippen molar-refractivity contribution in [3.8, 4) is 0 Å². The van der Waals surface area contributed by atoms with Crippen LogP contribution in [0.25, 0.3) is 0 Å². The molecule has 9 nitrogen and oxygen atoms in total. The highest BCUT2D eigenvalue weighted by Gasteiger charge is 2.47. The number of hydrogen-bond donors (Lipinski definition) is 2. The predicted molar refractivity (Wildman–Crippen MR) is 98.2 cm³/mol. The van der Waals surface area contributed by atoms with Gasteiger partial charge in [0.05, 0.1) is 12.2 Å². The molecule has 0 unspecified atom stereocenters. The van der Waals surface area contributed by atoms with Crippen LogP contribution >= 0.6 is 0 Å². The van der Waals surface area contributed by atoms with Crippen LogP contribution in [-0.2, 0) is 16.1 Å². The first kappa shape index (κ1) is 19.2. The molecule has 27 heavy (non-hydrogen) atoms. The summed E-state index contributed by atoms with van der Waals surface area (Å²) < 4.78 is 0. The van der Waals surface area contributed by atoms with Crippen molar-refractivity contribution in [2.75, 3.05) is 32.7 Å². The van der Waals surface area contributed by atoms with E-state index in [9.17, 15) is 14.4 Å². The molecule has 0 bridgehead atoms. The molecule has 2 saturated heterocycles. The Labute approximate surface area is 158 Å². The average molecular weight is 374 g/mol. The summed E-state index contributed by atoms with van der Waals surface area (Å²) in [4.78, 5) is 45.2. The lowest BCUT2D eigenvalue weighted by molar-refractivity contribution is -0.139. The molecule has 0 aliphatic carbocycles. The van der Waals surface area contributed by atoms with E-state index in [2.05, 4.69) is 20.6 Å². The van der Waals surface area contributed by atoms with Crippen LogP contribution in [0.15, 0.2) is 24.4 Å². The maximum absolute atomic E-state index is 12.3. The molecule has 0 spiro atoms. The minimum absolute atomic E-state index is 0.150. The highest BCUT2D eigenvalue weighted by molar-refractivity contribution is 6.07. The van der Waals surface area contributed by atoms with Crippen LogP contribution in [0, 0.1) is 0 Å². The van der Waals surface area contributed by atoms with Gasteiger partial charge in [0, 0.05) is 38.9 Å². The number of amides is 4. The van der Waals surface area contributed by atoms with E-state index in [4.69, 9.17) is 0 Å². The van der Waals surface area contributed by atoms with Gasteiger partial charge in [-0.2, -0.15) is 5.01 Å². The smallest absolute Gasteiger partial charge is 0.322 e. The quantitative estimate of drug-likeness (QED) is 0.678. The maximum atomic E-state index is 12.3. The second-order valence-electron chi connectivity index (χ2n) is 7.16. The van der Waals surface area contributed by atoms with Crippen molar-refractivity contribution >= 4 is 17.8 Å². The molecule has 4 amide bonds. The van der Waals surface area contributed by atoms with Crippen molar-refractivity contribution in [1.82, 2.24) is 30.5 Å². The Bertz CT molecular complexity index is 704. The lowest BCUT2D eigenvalue weighted by atomic mass is 10.00. The summed E-state index contributed by atoms with van der Waals surface area (Å²) in [6.45, 7) is 7.56. The summed E-state index contributed by atoms with van der Waals surface area (Å²) in [5, 5.41) is 3.41. The molecule has 0 saturated carbocycles. The van der Waals surface area contributed by atoms with Crippen molar-refractivity contribution in [3.63, 3.8) is 0 Å². The van der Waals surface area contributed by atoms with E-state index in [0.29, 0.717) is 6.42 Å². The number of rotatable bonds is 6. The highest BCUT2D eigenvalue weighted by atomic mass is 16.2. The summed E-state index contributed by atoms with van der Waals surface area (Å²) in [7, 11) is 0. The van der Waals surface area contributed by atoms with Crippen LogP contribution in [0.3, 0.4) is 0 Å². The SMILES string of the molecule is CC[C@@]1(C)NC(=O)N(NC(=O)CN2CCN(Cc3ccccn3)CC2)C1=O. The summed E-state index contributed by atoms with van der Waals surface area (Å²) in [5.74, 6) is -0.791. The van der Waals surface area contributed by atoms with Gasteiger partial charge in [0.2, 0.25) is 0 Å². The number of imide groups is 1. The van der Waals surface area contributed by atoms with Crippen molar-refractivity contribution in [3.05, 3.63) is 30.1 Å². The number of hydrogen-bond acceptors (Lipinski definition) is 6. The summed E-state index contributed by atoms with van der Waals surface area (Å²) in [6.07, 6.45) is 2.25. The van der Waals surface area contributed by atoms with E-state index < -0.39 is 17.5 Å². The third-order valence-electron chi connectivity index (χ3n) is 5.15. The van der Waals surface area contributed by atoms with Crippen LogP contribution in [0.2, 0.25) is 0 Å². The zero-order valence-corrected chi connectivity index (χ0v) is 15.8. The molecule has 0 radical (unpaired) electrons. The molecule has 146 valence electrons. The largest absolute Gasteiger partial charge is 0.344 e. The van der Waals surface area contributed by atoms with Gasteiger partial charge < -0.3 is 5.32 Å². The van der Waals surface area contributed by atoms with Gasteiger partial charge in [-0.3, -0.25) is 29.8 Å². The minimum atomic E-state index is -0.957. The second-order valence-corrected chi connectivity index (χ2v) is 7.16. The molecule has 2 N–H and O–H groups in total. The van der Waals surface area contributed by atoms with E-state index in [1.54, 1.807) is 13.1 Å². The van der Waals surface area contributed by atoms with Crippen molar-refractivity contribution in [2.24, 2.45) is 0 Å². The van der Waals surface area contributed by atoms with Crippen molar-refractivity contribution < 1.29 is 14.4 Å². The third-order valence-corrected chi connectivity index (χ3v) is 5.15. The van der Waals surface area contributed by atoms with Crippen LogP contribution in [-0.4, -0.2) is 75.9 Å². The zero-order valence-electron chi connectivity index (χ0n) is 15.8. The summed E-state index contributed by atoms with van der Waals surface area (Å²) in [6, 6.07) is 5.29. The lowest BCUT2D eigenvalue weighted by Crippen LogP contribution is -2.53. The Morgan fingerprint density at radius 2 is 1.93 bits per heavy atom. The molecule has 2 aliphatic rings. The van der Waals surface area contributed by atoms with Gasteiger partial charge in [0.15, 0.2) is 0 Å². The van der Waals surface area contributed by atoms with E-state index in [0.717, 1.165) is 43.4 Å². The third kappa shape index (κ3) is 4.42. The fraction of sp³-hybridized carbons (Fsp3) is 0.556. The normalized spacial score (nSPS) is 24.1. The van der Waals surface area contributed by atoms with Gasteiger partial charge >= 0.3 is 6.03 Å². The van der Waals surface area contributed by atoms with E-state index in [-0.39, 0.29) is 12.5 Å². The molecule has 2 aliphatic heterocycles. The predicted octanol–water partition coefficient (Wildman–Crippen LogP) is -0.0491. The van der Waals surface area contributed by atoms with E-state index >= 15 is 0 Å². The van der Waals surface area contributed by atoms with Gasteiger partial charge in [-0.1, -0.05) is 13.0 Å². The van der Waals surface area contributed by atoms with Crippen molar-refractivity contribution in [2.45, 2.75) is 32.4 Å². The van der Waals surface area contributed by atoms with E-state index in [1.165, 1.54) is 0 Å². The average Bonchev–Trinajstić information content (AvgIpc) is 2.88. The number of nitrogens with zero attached hydrogens (tertiary/aromatic N) is 4. The molecule has 9 heteroatoms. The molecule has 1 atom stereocenters. The Hall–Kier alpha value is -2.52. The van der Waals surface area contributed by atoms with Gasteiger partial charge in [-0.05, 0) is 25.5 Å². The van der Waals surface area contributed by atoms with Crippen LogP contribution in [0.1, 0.15) is 26.0 Å². The molecule has 2 fully saturated rings. The lowest BCUT2D eigenvalue weighted by Gasteiger charge is -2.34. The van der Waals surface area contributed by atoms with Crippen LogP contribution in [0.5, 0.6) is 0 Å². The fourth-order valence-electron chi connectivity index (χ4n) is 3.21. The van der Waals surface area contributed by atoms with Crippen molar-refractivity contribution in [1.29, 1.82) is 0 Å².